The third-order valence-corrected chi connectivity index (χ3v) is 2.69. The Balaban J connectivity index is 1.93. The summed E-state index contributed by atoms with van der Waals surface area (Å²) in [5.74, 6) is -1.16. The summed E-state index contributed by atoms with van der Waals surface area (Å²) in [5, 5.41) is 3.20. The highest BCUT2D eigenvalue weighted by atomic mass is 19.1. The largest absolute Gasteiger partial charge is 0.487 e. The fraction of sp³-hybridized carbons (Fsp3) is 0.267. The second-order valence-corrected chi connectivity index (χ2v) is 4.33. The summed E-state index contributed by atoms with van der Waals surface area (Å²) in [5.41, 5.74) is 1.78. The number of nitrogens with zero attached hydrogens (tertiary/aromatic N) is 1. The zero-order chi connectivity index (χ0) is 14.4. The molecular weight excluding hydrogens is 262 g/mol. The Bertz CT molecular complexity index is 538. The third kappa shape index (κ3) is 4.28. The predicted molar refractivity (Wildman–Crippen MR) is 72.3 cm³/mol. The maximum atomic E-state index is 13.0. The minimum absolute atomic E-state index is 0.154. The fourth-order valence-corrected chi connectivity index (χ4v) is 1.68. The quantitative estimate of drug-likeness (QED) is 0.882. The van der Waals surface area contributed by atoms with Crippen molar-refractivity contribution in [3.8, 4) is 5.75 Å². The van der Waals surface area contributed by atoms with E-state index in [1.165, 1.54) is 0 Å². The zero-order valence-electron chi connectivity index (χ0n) is 11.2. The molecule has 0 aliphatic carbocycles. The van der Waals surface area contributed by atoms with Crippen molar-refractivity contribution in [2.75, 3.05) is 6.54 Å². The Morgan fingerprint density at radius 3 is 2.50 bits per heavy atom. The molecule has 0 fully saturated rings. The van der Waals surface area contributed by atoms with E-state index in [4.69, 9.17) is 4.74 Å². The van der Waals surface area contributed by atoms with Gasteiger partial charge in [-0.3, -0.25) is 4.98 Å². The average Bonchev–Trinajstić information content (AvgIpc) is 2.43. The average molecular weight is 278 g/mol. The van der Waals surface area contributed by atoms with Crippen LogP contribution in [0, 0.1) is 11.6 Å². The lowest BCUT2D eigenvalue weighted by atomic mass is 10.2. The van der Waals surface area contributed by atoms with Gasteiger partial charge in [-0.25, -0.2) is 8.78 Å². The molecule has 1 N–H and O–H groups in total. The Morgan fingerprint density at radius 1 is 1.15 bits per heavy atom. The van der Waals surface area contributed by atoms with Gasteiger partial charge in [0, 0.05) is 30.9 Å². The number of benzene rings is 1. The minimum atomic E-state index is -0.658. The summed E-state index contributed by atoms with van der Waals surface area (Å²) in [6, 6.07) is 6.87. The molecule has 0 atom stereocenters. The first-order valence-corrected chi connectivity index (χ1v) is 6.41. The van der Waals surface area contributed by atoms with Crippen LogP contribution in [0.1, 0.15) is 18.2 Å². The highest BCUT2D eigenvalue weighted by Crippen LogP contribution is 2.16. The van der Waals surface area contributed by atoms with Crippen molar-refractivity contribution >= 4 is 0 Å². The second-order valence-electron chi connectivity index (χ2n) is 4.33. The van der Waals surface area contributed by atoms with Crippen LogP contribution < -0.4 is 10.1 Å². The smallest absolute Gasteiger partial charge is 0.130 e. The Hall–Kier alpha value is -2.01. The van der Waals surface area contributed by atoms with E-state index in [1.54, 1.807) is 6.20 Å². The van der Waals surface area contributed by atoms with E-state index < -0.39 is 11.6 Å². The third-order valence-electron chi connectivity index (χ3n) is 2.69. The lowest BCUT2D eigenvalue weighted by Gasteiger charge is -2.07. The summed E-state index contributed by atoms with van der Waals surface area (Å²) < 4.78 is 31.3. The summed E-state index contributed by atoms with van der Waals surface area (Å²) in [7, 11) is 0. The molecule has 106 valence electrons. The summed E-state index contributed by atoms with van der Waals surface area (Å²) in [4.78, 5) is 4.24. The van der Waals surface area contributed by atoms with E-state index in [2.05, 4.69) is 10.3 Å². The molecule has 0 aliphatic rings. The van der Waals surface area contributed by atoms with Crippen LogP contribution in [-0.4, -0.2) is 11.5 Å². The van der Waals surface area contributed by atoms with Gasteiger partial charge >= 0.3 is 0 Å². The maximum absolute atomic E-state index is 13.0. The van der Waals surface area contributed by atoms with Crippen LogP contribution in [0.4, 0.5) is 8.78 Å². The first kappa shape index (κ1) is 14.4. The van der Waals surface area contributed by atoms with Gasteiger partial charge in [0.15, 0.2) is 0 Å². The van der Waals surface area contributed by atoms with E-state index >= 15 is 0 Å². The molecule has 0 saturated heterocycles. The molecule has 0 unspecified atom stereocenters. The molecule has 0 spiro atoms. The van der Waals surface area contributed by atoms with E-state index in [1.807, 2.05) is 19.1 Å². The molecule has 0 saturated carbocycles. The molecule has 0 amide bonds. The number of hydrogen-bond acceptors (Lipinski definition) is 3. The summed E-state index contributed by atoms with van der Waals surface area (Å²) in [6.07, 6.45) is 1.76. The van der Waals surface area contributed by atoms with Gasteiger partial charge in [-0.15, -0.1) is 0 Å². The van der Waals surface area contributed by atoms with Gasteiger partial charge in [-0.1, -0.05) is 13.0 Å². The Labute approximate surface area is 116 Å². The monoisotopic (exact) mass is 278 g/mol. The molecule has 0 radical (unpaired) electrons. The van der Waals surface area contributed by atoms with Gasteiger partial charge < -0.3 is 10.1 Å². The van der Waals surface area contributed by atoms with Gasteiger partial charge in [0.2, 0.25) is 0 Å². The van der Waals surface area contributed by atoms with Crippen LogP contribution in [0.5, 0.6) is 5.75 Å². The lowest BCUT2D eigenvalue weighted by Crippen LogP contribution is -2.12. The molecule has 20 heavy (non-hydrogen) atoms. The van der Waals surface area contributed by atoms with Gasteiger partial charge in [0.05, 0.1) is 5.69 Å². The fourth-order valence-electron chi connectivity index (χ4n) is 1.68. The van der Waals surface area contributed by atoms with Crippen molar-refractivity contribution in [2.45, 2.75) is 20.1 Å². The standard InChI is InChI=1S/C15H16F2N2O/c1-2-18-8-11-3-4-14(19-9-11)10-20-15-6-12(16)5-13(17)7-15/h3-7,9,18H,2,8,10H2,1H3. The number of aromatic nitrogens is 1. The maximum Gasteiger partial charge on any atom is 0.130 e. The van der Waals surface area contributed by atoms with Crippen molar-refractivity contribution in [3.63, 3.8) is 0 Å². The van der Waals surface area contributed by atoms with Crippen molar-refractivity contribution in [1.29, 1.82) is 0 Å². The second kappa shape index (κ2) is 6.96. The molecule has 5 heteroatoms. The van der Waals surface area contributed by atoms with Crippen molar-refractivity contribution in [2.24, 2.45) is 0 Å². The predicted octanol–water partition coefficient (Wildman–Crippen LogP) is 3.05. The van der Waals surface area contributed by atoms with Crippen LogP contribution in [-0.2, 0) is 13.2 Å². The molecule has 2 rings (SSSR count). The highest BCUT2D eigenvalue weighted by Gasteiger charge is 2.03. The molecular formula is C15H16F2N2O. The Kier molecular flexibility index (Phi) is 5.01. The summed E-state index contributed by atoms with van der Waals surface area (Å²) >= 11 is 0. The van der Waals surface area contributed by atoms with Crippen LogP contribution in [0.3, 0.4) is 0 Å². The topological polar surface area (TPSA) is 34.1 Å². The van der Waals surface area contributed by atoms with Gasteiger partial charge in [0.1, 0.15) is 24.0 Å². The van der Waals surface area contributed by atoms with E-state index in [0.29, 0.717) is 5.69 Å². The van der Waals surface area contributed by atoms with Crippen LogP contribution in [0.2, 0.25) is 0 Å². The number of hydrogen-bond donors (Lipinski definition) is 1. The van der Waals surface area contributed by atoms with Crippen molar-refractivity contribution in [1.82, 2.24) is 10.3 Å². The number of rotatable bonds is 6. The molecule has 3 nitrogen and oxygen atoms in total. The molecule has 2 aromatic rings. The number of halogens is 2. The summed E-state index contributed by atoms with van der Waals surface area (Å²) in [6.45, 7) is 3.87. The van der Waals surface area contributed by atoms with Crippen LogP contribution in [0.15, 0.2) is 36.5 Å². The molecule has 0 aliphatic heterocycles. The molecule has 1 aromatic carbocycles. The van der Waals surface area contributed by atoms with Crippen LogP contribution in [0.25, 0.3) is 0 Å². The molecule has 1 aromatic heterocycles. The normalized spacial score (nSPS) is 10.6. The number of nitrogens with one attached hydrogen (secondary N) is 1. The lowest BCUT2D eigenvalue weighted by molar-refractivity contribution is 0.298. The van der Waals surface area contributed by atoms with Crippen molar-refractivity contribution < 1.29 is 13.5 Å². The van der Waals surface area contributed by atoms with Crippen LogP contribution >= 0.6 is 0 Å². The first-order chi connectivity index (χ1) is 9.67. The minimum Gasteiger partial charge on any atom is -0.487 e. The van der Waals surface area contributed by atoms with E-state index in [-0.39, 0.29) is 12.4 Å². The zero-order valence-corrected chi connectivity index (χ0v) is 11.2. The van der Waals surface area contributed by atoms with E-state index in [0.717, 1.165) is 36.9 Å². The molecule has 0 bridgehead atoms. The van der Waals surface area contributed by atoms with Gasteiger partial charge in [0.25, 0.3) is 0 Å². The van der Waals surface area contributed by atoms with Gasteiger partial charge in [-0.05, 0) is 18.2 Å². The highest BCUT2D eigenvalue weighted by molar-refractivity contribution is 5.24. The Morgan fingerprint density at radius 2 is 1.90 bits per heavy atom. The van der Waals surface area contributed by atoms with Crippen molar-refractivity contribution in [3.05, 3.63) is 59.4 Å². The van der Waals surface area contributed by atoms with Gasteiger partial charge in [-0.2, -0.15) is 0 Å². The van der Waals surface area contributed by atoms with E-state index in [9.17, 15) is 8.78 Å². The SMILES string of the molecule is CCNCc1ccc(COc2cc(F)cc(F)c2)nc1. The molecule has 1 heterocycles. The number of pyridine rings is 1. The first-order valence-electron chi connectivity index (χ1n) is 6.41. The number of ether oxygens (including phenoxy) is 1.